The highest BCUT2D eigenvalue weighted by Crippen LogP contribution is 2.39. The summed E-state index contributed by atoms with van der Waals surface area (Å²) < 4.78 is 6.07. The van der Waals surface area contributed by atoms with E-state index in [0.717, 1.165) is 51.3 Å². The number of piperazine rings is 1. The molecule has 2 aliphatic heterocycles. The molecule has 2 fully saturated rings. The first kappa shape index (κ1) is 18.4. The molecule has 1 atom stereocenters. The Kier molecular flexibility index (Phi) is 6.13. The molecule has 1 aromatic rings. The van der Waals surface area contributed by atoms with Crippen molar-refractivity contribution in [3.05, 3.63) is 35.9 Å². The van der Waals surface area contributed by atoms with E-state index >= 15 is 0 Å². The van der Waals surface area contributed by atoms with Crippen molar-refractivity contribution in [1.29, 1.82) is 0 Å². The fraction of sp³-hybridized carbons (Fsp3) is 0.667. The minimum Gasteiger partial charge on any atom is -0.378 e. The number of carbonyl (C=O) groups is 1. The molecule has 2 heterocycles. The average molecular weight is 344 g/mol. The third-order valence-electron chi connectivity index (χ3n) is 6.23. The quantitative estimate of drug-likeness (QED) is 0.793. The van der Waals surface area contributed by atoms with Crippen LogP contribution in [0.25, 0.3) is 0 Å². The van der Waals surface area contributed by atoms with E-state index in [1.165, 1.54) is 19.3 Å². The second-order valence-corrected chi connectivity index (χ2v) is 7.63. The van der Waals surface area contributed by atoms with Crippen LogP contribution in [0.5, 0.6) is 0 Å². The third-order valence-corrected chi connectivity index (χ3v) is 6.23. The zero-order valence-corrected chi connectivity index (χ0v) is 15.7. The number of amides is 1. The van der Waals surface area contributed by atoms with Crippen LogP contribution in [0, 0.1) is 5.41 Å². The largest absolute Gasteiger partial charge is 0.378 e. The molecule has 1 aromatic carbocycles. The van der Waals surface area contributed by atoms with E-state index in [1.807, 2.05) is 35.2 Å². The van der Waals surface area contributed by atoms with Crippen LogP contribution in [0.1, 0.15) is 49.9 Å². The van der Waals surface area contributed by atoms with Gasteiger partial charge in [-0.05, 0) is 43.2 Å². The van der Waals surface area contributed by atoms with Gasteiger partial charge in [-0.25, -0.2) is 0 Å². The molecule has 0 aliphatic carbocycles. The number of carbonyl (C=O) groups excluding carboxylic acids is 1. The van der Waals surface area contributed by atoms with Gasteiger partial charge < -0.3 is 9.64 Å². The number of benzene rings is 1. The van der Waals surface area contributed by atoms with Gasteiger partial charge in [0.15, 0.2) is 0 Å². The van der Waals surface area contributed by atoms with Gasteiger partial charge in [0, 0.05) is 38.3 Å². The van der Waals surface area contributed by atoms with Crippen molar-refractivity contribution in [2.24, 2.45) is 5.41 Å². The van der Waals surface area contributed by atoms with Gasteiger partial charge >= 0.3 is 0 Å². The minimum atomic E-state index is 0.162. The third kappa shape index (κ3) is 4.42. The zero-order chi connectivity index (χ0) is 17.7. The van der Waals surface area contributed by atoms with Crippen LogP contribution in [0.4, 0.5) is 0 Å². The predicted octanol–water partition coefficient (Wildman–Crippen LogP) is 3.43. The second kappa shape index (κ2) is 8.33. The molecule has 0 bridgehead atoms. The normalized spacial score (nSPS) is 23.8. The highest BCUT2D eigenvalue weighted by atomic mass is 16.5. The summed E-state index contributed by atoms with van der Waals surface area (Å²) >= 11 is 0. The van der Waals surface area contributed by atoms with Gasteiger partial charge in [-0.2, -0.15) is 0 Å². The fourth-order valence-electron chi connectivity index (χ4n) is 4.09. The molecule has 0 N–H and O–H groups in total. The van der Waals surface area contributed by atoms with Crippen molar-refractivity contribution in [3.8, 4) is 0 Å². The SMILES string of the molecule is CCC1(CC)COC(CCN2CCN(C(=O)c3ccccc3)CC2)C1. The molecule has 1 unspecified atom stereocenters. The van der Waals surface area contributed by atoms with E-state index in [-0.39, 0.29) is 5.91 Å². The standard InChI is InChI=1S/C21H32N2O2/c1-3-21(4-2)16-19(25-17-21)10-11-22-12-14-23(15-13-22)20(24)18-8-6-5-7-9-18/h5-9,19H,3-4,10-17H2,1-2H3. The summed E-state index contributed by atoms with van der Waals surface area (Å²) in [7, 11) is 0. The van der Waals surface area contributed by atoms with Crippen LogP contribution in [0.3, 0.4) is 0 Å². The Morgan fingerprint density at radius 2 is 1.80 bits per heavy atom. The van der Waals surface area contributed by atoms with Crippen molar-refractivity contribution in [2.75, 3.05) is 39.3 Å². The average Bonchev–Trinajstić information content (AvgIpc) is 3.11. The molecule has 2 saturated heterocycles. The lowest BCUT2D eigenvalue weighted by Gasteiger charge is -2.35. The van der Waals surface area contributed by atoms with Crippen molar-refractivity contribution < 1.29 is 9.53 Å². The second-order valence-electron chi connectivity index (χ2n) is 7.63. The predicted molar refractivity (Wildman–Crippen MR) is 101 cm³/mol. The molecule has 0 radical (unpaired) electrons. The van der Waals surface area contributed by atoms with Crippen LogP contribution in [-0.4, -0.2) is 61.1 Å². The van der Waals surface area contributed by atoms with E-state index in [4.69, 9.17) is 4.74 Å². The van der Waals surface area contributed by atoms with E-state index < -0.39 is 0 Å². The van der Waals surface area contributed by atoms with E-state index in [2.05, 4.69) is 18.7 Å². The Balaban J connectivity index is 1.41. The van der Waals surface area contributed by atoms with Gasteiger partial charge in [0.2, 0.25) is 0 Å². The maximum Gasteiger partial charge on any atom is 0.253 e. The highest BCUT2D eigenvalue weighted by Gasteiger charge is 2.37. The number of nitrogens with zero attached hydrogens (tertiary/aromatic N) is 2. The highest BCUT2D eigenvalue weighted by molar-refractivity contribution is 5.94. The van der Waals surface area contributed by atoms with Gasteiger partial charge in [-0.1, -0.05) is 32.0 Å². The van der Waals surface area contributed by atoms with Crippen molar-refractivity contribution in [1.82, 2.24) is 9.80 Å². The van der Waals surface area contributed by atoms with E-state index in [1.54, 1.807) is 0 Å². The molecule has 138 valence electrons. The number of rotatable bonds is 6. The van der Waals surface area contributed by atoms with Crippen LogP contribution < -0.4 is 0 Å². The summed E-state index contributed by atoms with van der Waals surface area (Å²) in [5, 5.41) is 0. The minimum absolute atomic E-state index is 0.162. The first-order chi connectivity index (χ1) is 12.2. The monoisotopic (exact) mass is 344 g/mol. The molecule has 0 spiro atoms. The molecule has 1 amide bonds. The molecule has 0 saturated carbocycles. The van der Waals surface area contributed by atoms with E-state index in [0.29, 0.717) is 11.5 Å². The molecular formula is C21H32N2O2. The summed E-state index contributed by atoms with van der Waals surface area (Å²) in [5.41, 5.74) is 1.22. The Morgan fingerprint density at radius 1 is 1.12 bits per heavy atom. The van der Waals surface area contributed by atoms with E-state index in [9.17, 15) is 4.79 Å². The molecular weight excluding hydrogens is 312 g/mol. The molecule has 0 aromatic heterocycles. The maximum absolute atomic E-state index is 12.5. The first-order valence-corrected chi connectivity index (χ1v) is 9.84. The Labute approximate surface area is 152 Å². The summed E-state index contributed by atoms with van der Waals surface area (Å²) in [6.45, 7) is 10.2. The lowest BCUT2D eigenvalue weighted by atomic mass is 9.80. The molecule has 2 aliphatic rings. The summed E-state index contributed by atoms with van der Waals surface area (Å²) in [4.78, 5) is 17.0. The van der Waals surface area contributed by atoms with Crippen LogP contribution in [0.2, 0.25) is 0 Å². The Hall–Kier alpha value is -1.39. The lowest BCUT2D eigenvalue weighted by Crippen LogP contribution is -2.49. The summed E-state index contributed by atoms with van der Waals surface area (Å²) in [6.07, 6.45) is 5.20. The smallest absolute Gasteiger partial charge is 0.253 e. The van der Waals surface area contributed by atoms with Gasteiger partial charge in [0.05, 0.1) is 12.7 Å². The van der Waals surface area contributed by atoms with Crippen LogP contribution in [0.15, 0.2) is 30.3 Å². The molecule has 4 nitrogen and oxygen atoms in total. The zero-order valence-electron chi connectivity index (χ0n) is 15.7. The topological polar surface area (TPSA) is 32.8 Å². The van der Waals surface area contributed by atoms with Crippen LogP contribution in [-0.2, 0) is 4.74 Å². The van der Waals surface area contributed by atoms with Crippen molar-refractivity contribution in [3.63, 3.8) is 0 Å². The van der Waals surface area contributed by atoms with Gasteiger partial charge in [-0.3, -0.25) is 9.69 Å². The molecule has 25 heavy (non-hydrogen) atoms. The maximum atomic E-state index is 12.5. The Bertz CT molecular complexity index is 548. The lowest BCUT2D eigenvalue weighted by molar-refractivity contribution is 0.0559. The summed E-state index contributed by atoms with van der Waals surface area (Å²) in [6, 6.07) is 9.61. The fourth-order valence-corrected chi connectivity index (χ4v) is 4.09. The van der Waals surface area contributed by atoms with Gasteiger partial charge in [0.25, 0.3) is 5.91 Å². The van der Waals surface area contributed by atoms with Crippen molar-refractivity contribution >= 4 is 5.91 Å². The van der Waals surface area contributed by atoms with Gasteiger partial charge in [-0.15, -0.1) is 0 Å². The number of hydrogen-bond acceptors (Lipinski definition) is 3. The van der Waals surface area contributed by atoms with Gasteiger partial charge in [0.1, 0.15) is 0 Å². The molecule has 4 heteroatoms. The Morgan fingerprint density at radius 3 is 2.40 bits per heavy atom. The van der Waals surface area contributed by atoms with Crippen LogP contribution >= 0.6 is 0 Å². The summed E-state index contributed by atoms with van der Waals surface area (Å²) in [5.74, 6) is 0.162. The first-order valence-electron chi connectivity index (χ1n) is 9.84. The van der Waals surface area contributed by atoms with Crippen molar-refractivity contribution in [2.45, 2.75) is 45.6 Å². The number of hydrogen-bond donors (Lipinski definition) is 0. The number of ether oxygens (including phenoxy) is 1. The molecule has 3 rings (SSSR count).